The molecule has 32 heavy (non-hydrogen) atoms. The van der Waals surface area contributed by atoms with E-state index in [1.54, 1.807) is 60.9 Å². The second-order valence-corrected chi connectivity index (χ2v) is 11.4. The highest BCUT2D eigenvalue weighted by molar-refractivity contribution is 8.06. The van der Waals surface area contributed by atoms with Crippen molar-refractivity contribution in [2.45, 2.75) is 43.2 Å². The SMILES string of the molecule is C=C(C)C(=O)OCCSc1ccc2c(c1)Sc1c(SCCOC(=O)C(=C)C)cccc1S2. The molecular formula is C24H24O4S4. The van der Waals surface area contributed by atoms with E-state index < -0.39 is 0 Å². The second-order valence-electron chi connectivity index (χ2n) is 6.93. The quantitative estimate of drug-likeness (QED) is 0.130. The number of ether oxygens (including phenoxy) is 2. The highest BCUT2D eigenvalue weighted by atomic mass is 32.2. The molecule has 1 aliphatic heterocycles. The molecule has 4 nitrogen and oxygen atoms in total. The average Bonchev–Trinajstić information content (AvgIpc) is 2.77. The van der Waals surface area contributed by atoms with Gasteiger partial charge in [0, 0.05) is 52.0 Å². The molecule has 2 aromatic carbocycles. The van der Waals surface area contributed by atoms with Gasteiger partial charge in [-0.05, 0) is 44.2 Å². The summed E-state index contributed by atoms with van der Waals surface area (Å²) in [5, 5.41) is 0. The van der Waals surface area contributed by atoms with Crippen LogP contribution in [0.3, 0.4) is 0 Å². The van der Waals surface area contributed by atoms with E-state index in [2.05, 4.69) is 49.6 Å². The van der Waals surface area contributed by atoms with E-state index in [1.807, 2.05) is 0 Å². The van der Waals surface area contributed by atoms with Crippen molar-refractivity contribution in [2.75, 3.05) is 24.7 Å². The summed E-state index contributed by atoms with van der Waals surface area (Å²) < 4.78 is 10.4. The van der Waals surface area contributed by atoms with Crippen LogP contribution in [0.2, 0.25) is 0 Å². The van der Waals surface area contributed by atoms with Gasteiger partial charge in [0.2, 0.25) is 0 Å². The Morgan fingerprint density at radius 2 is 1.50 bits per heavy atom. The van der Waals surface area contributed by atoms with Crippen LogP contribution in [0.1, 0.15) is 13.8 Å². The number of carbonyl (C=O) groups excluding carboxylic acids is 2. The summed E-state index contributed by atoms with van der Waals surface area (Å²) in [6.45, 7) is 11.2. The smallest absolute Gasteiger partial charge is 0.333 e. The van der Waals surface area contributed by atoms with Crippen molar-refractivity contribution in [3.8, 4) is 0 Å². The minimum atomic E-state index is -0.348. The lowest BCUT2D eigenvalue weighted by Gasteiger charge is -2.21. The zero-order chi connectivity index (χ0) is 23.1. The van der Waals surface area contributed by atoms with Gasteiger partial charge >= 0.3 is 11.9 Å². The summed E-state index contributed by atoms with van der Waals surface area (Å²) in [6, 6.07) is 12.8. The Hall–Kier alpha value is -1.74. The molecular weight excluding hydrogens is 481 g/mol. The number of thioether (sulfide) groups is 2. The van der Waals surface area contributed by atoms with Gasteiger partial charge in [-0.1, -0.05) is 42.7 Å². The van der Waals surface area contributed by atoms with Crippen LogP contribution >= 0.6 is 47.0 Å². The van der Waals surface area contributed by atoms with Gasteiger partial charge in [-0.3, -0.25) is 0 Å². The molecule has 8 heteroatoms. The third-order valence-corrected chi connectivity index (χ3v) is 8.85. The molecule has 0 bridgehead atoms. The molecule has 0 spiro atoms. The molecule has 0 amide bonds. The first-order valence-electron chi connectivity index (χ1n) is 9.89. The van der Waals surface area contributed by atoms with Crippen LogP contribution in [0.5, 0.6) is 0 Å². The van der Waals surface area contributed by atoms with Crippen molar-refractivity contribution in [3.05, 3.63) is 60.7 Å². The molecule has 3 rings (SSSR count). The van der Waals surface area contributed by atoms with Gasteiger partial charge in [-0.25, -0.2) is 9.59 Å². The van der Waals surface area contributed by atoms with Gasteiger partial charge in [0.1, 0.15) is 13.2 Å². The molecule has 2 aromatic rings. The lowest BCUT2D eigenvalue weighted by molar-refractivity contribution is -0.139. The standard InChI is InChI=1S/C24H24O4S4/c1-15(2)23(25)27-10-12-29-17-8-9-18-21(14-17)32-22-19(6-5-7-20(22)31-18)30-13-11-28-24(26)16(3)4/h5-9,14H,1,3,10-13H2,2,4H3. The van der Waals surface area contributed by atoms with E-state index in [9.17, 15) is 9.59 Å². The number of carbonyl (C=O) groups is 2. The molecule has 0 aromatic heterocycles. The predicted molar refractivity (Wildman–Crippen MR) is 134 cm³/mol. The van der Waals surface area contributed by atoms with Crippen molar-refractivity contribution in [2.24, 2.45) is 0 Å². The maximum absolute atomic E-state index is 11.5. The summed E-state index contributed by atoms with van der Waals surface area (Å²) in [6.07, 6.45) is 0. The first-order chi connectivity index (χ1) is 15.3. The number of rotatable bonds is 10. The average molecular weight is 505 g/mol. The van der Waals surface area contributed by atoms with Crippen LogP contribution in [-0.4, -0.2) is 36.7 Å². The fourth-order valence-electron chi connectivity index (χ4n) is 2.59. The van der Waals surface area contributed by atoms with Crippen LogP contribution in [0, 0.1) is 0 Å². The van der Waals surface area contributed by atoms with E-state index in [-0.39, 0.29) is 11.9 Å². The largest absolute Gasteiger partial charge is 0.461 e. The van der Waals surface area contributed by atoms with Crippen LogP contribution in [0.25, 0.3) is 0 Å². The maximum Gasteiger partial charge on any atom is 0.333 e. The van der Waals surface area contributed by atoms with Crippen molar-refractivity contribution in [1.29, 1.82) is 0 Å². The fourth-order valence-corrected chi connectivity index (χ4v) is 6.89. The summed E-state index contributed by atoms with van der Waals surface area (Å²) in [5.41, 5.74) is 0.830. The minimum absolute atomic E-state index is 0.348. The van der Waals surface area contributed by atoms with Gasteiger partial charge in [0.15, 0.2) is 0 Å². The second kappa shape index (κ2) is 11.9. The van der Waals surface area contributed by atoms with E-state index in [4.69, 9.17) is 9.47 Å². The van der Waals surface area contributed by atoms with Crippen LogP contribution in [0.4, 0.5) is 0 Å². The highest BCUT2D eigenvalue weighted by Gasteiger charge is 2.20. The van der Waals surface area contributed by atoms with Crippen molar-refractivity contribution in [1.82, 2.24) is 0 Å². The lowest BCUT2D eigenvalue weighted by Crippen LogP contribution is -2.07. The Kier molecular flexibility index (Phi) is 9.28. The van der Waals surface area contributed by atoms with Crippen molar-refractivity contribution >= 4 is 59.0 Å². The summed E-state index contributed by atoms with van der Waals surface area (Å²) in [4.78, 5) is 30.3. The van der Waals surface area contributed by atoms with Crippen LogP contribution < -0.4 is 0 Å². The zero-order valence-corrected chi connectivity index (χ0v) is 21.2. The summed E-state index contributed by atoms with van der Waals surface area (Å²) in [5.74, 6) is 0.681. The molecule has 1 aliphatic rings. The molecule has 168 valence electrons. The zero-order valence-electron chi connectivity index (χ0n) is 18.0. The monoisotopic (exact) mass is 504 g/mol. The molecule has 0 fully saturated rings. The minimum Gasteiger partial charge on any atom is -0.461 e. The highest BCUT2D eigenvalue weighted by Crippen LogP contribution is 2.52. The number of hydrogen-bond donors (Lipinski definition) is 0. The first-order valence-corrected chi connectivity index (χ1v) is 13.5. The third kappa shape index (κ3) is 6.88. The number of fused-ring (bicyclic) bond motifs is 2. The molecule has 0 unspecified atom stereocenters. The van der Waals surface area contributed by atoms with Gasteiger partial charge < -0.3 is 9.47 Å². The van der Waals surface area contributed by atoms with Gasteiger partial charge in [0.25, 0.3) is 0 Å². The van der Waals surface area contributed by atoms with E-state index in [1.165, 1.54) is 24.5 Å². The third-order valence-electron chi connectivity index (χ3n) is 4.15. The van der Waals surface area contributed by atoms with Gasteiger partial charge in [0.05, 0.1) is 0 Å². The molecule has 1 heterocycles. The Bertz CT molecular complexity index is 1050. The van der Waals surface area contributed by atoms with E-state index >= 15 is 0 Å². The number of hydrogen-bond acceptors (Lipinski definition) is 8. The summed E-state index contributed by atoms with van der Waals surface area (Å²) >= 11 is 6.89. The van der Waals surface area contributed by atoms with Crippen LogP contribution in [0.15, 0.2) is 90.1 Å². The molecule has 0 radical (unpaired) electrons. The normalized spacial score (nSPS) is 11.8. The van der Waals surface area contributed by atoms with Crippen molar-refractivity contribution in [3.63, 3.8) is 0 Å². The van der Waals surface area contributed by atoms with E-state index in [0.717, 1.165) is 4.90 Å². The summed E-state index contributed by atoms with van der Waals surface area (Å²) in [7, 11) is 0. The number of benzene rings is 2. The number of esters is 2. The maximum atomic E-state index is 11.5. The lowest BCUT2D eigenvalue weighted by atomic mass is 10.3. The van der Waals surface area contributed by atoms with Crippen LogP contribution in [-0.2, 0) is 19.1 Å². The topological polar surface area (TPSA) is 52.6 Å². The fraction of sp³-hybridized carbons (Fsp3) is 0.250. The van der Waals surface area contributed by atoms with Crippen molar-refractivity contribution < 1.29 is 19.1 Å². The Morgan fingerprint density at radius 3 is 2.16 bits per heavy atom. The molecule has 0 saturated heterocycles. The first kappa shape index (κ1) is 24.9. The predicted octanol–water partition coefficient (Wildman–Crippen LogP) is 6.73. The molecule has 0 N–H and O–H groups in total. The Morgan fingerprint density at radius 1 is 0.844 bits per heavy atom. The Labute approximate surface area is 206 Å². The van der Waals surface area contributed by atoms with E-state index in [0.29, 0.717) is 35.9 Å². The Balaban J connectivity index is 1.59. The molecule has 0 atom stereocenters. The molecule has 0 saturated carbocycles. The molecule has 0 aliphatic carbocycles. The van der Waals surface area contributed by atoms with Gasteiger partial charge in [-0.2, -0.15) is 0 Å². The van der Waals surface area contributed by atoms with Gasteiger partial charge in [-0.15, -0.1) is 23.5 Å².